The summed E-state index contributed by atoms with van der Waals surface area (Å²) in [7, 11) is 3.24. The van der Waals surface area contributed by atoms with Gasteiger partial charge in [-0.2, -0.15) is 0 Å². The molecule has 50 valence electrons. The molecule has 0 aliphatic carbocycles. The lowest BCUT2D eigenvalue weighted by molar-refractivity contribution is 0.912. The van der Waals surface area contributed by atoms with Crippen molar-refractivity contribution in [3.63, 3.8) is 0 Å². The molecule has 0 heterocycles. The predicted octanol–water partition coefficient (Wildman–Crippen LogP) is 1.16. The minimum atomic E-state index is 0.778. The van der Waals surface area contributed by atoms with E-state index in [1.54, 1.807) is 0 Å². The summed E-state index contributed by atoms with van der Waals surface area (Å²) in [4.78, 5) is 0. The monoisotopic (exact) mass is 152 g/mol. The largest absolute Gasteiger partial charge is 0.288 e. The van der Waals surface area contributed by atoms with Crippen LogP contribution in [-0.4, -0.2) is 11.1 Å². The summed E-state index contributed by atoms with van der Waals surface area (Å²) in [6, 6.07) is 0. The Labute approximate surface area is 59.2 Å². The van der Waals surface area contributed by atoms with Crippen LogP contribution in [0, 0.1) is 0 Å². The average Bonchev–Trinajstić information content (AvgIpc) is 1.83. The Morgan fingerprint density at radius 3 is 2.75 bits per heavy atom. The van der Waals surface area contributed by atoms with Gasteiger partial charge in [0, 0.05) is 0 Å². The fraction of sp³-hybridized carbons (Fsp3) is 1.00. The van der Waals surface area contributed by atoms with Gasteiger partial charge in [0.1, 0.15) is 0 Å². The van der Waals surface area contributed by atoms with Gasteiger partial charge in [-0.05, 0) is 13.3 Å². The Balaban J connectivity index is 2.86. The van der Waals surface area contributed by atoms with Gasteiger partial charge in [-0.3, -0.25) is 5.73 Å². The first-order chi connectivity index (χ1) is 3.81. The maximum atomic E-state index is 5.30. The molecule has 0 amide bonds. The minimum Gasteiger partial charge on any atom is -0.288 e. The zero-order valence-electron chi connectivity index (χ0n) is 5.42. The van der Waals surface area contributed by atoms with Crippen molar-refractivity contribution in [1.29, 1.82) is 0 Å². The molecule has 0 fully saturated rings. The quantitative estimate of drug-likeness (QED) is 0.372. The number of hydrogen-bond donors (Lipinski definition) is 1. The van der Waals surface area contributed by atoms with E-state index in [0.29, 0.717) is 0 Å². The Kier molecular flexibility index (Phi) is 6.27. The summed E-state index contributed by atoms with van der Waals surface area (Å²) in [5.41, 5.74) is 5.30. The number of nitrogens with two attached hydrogens (primary N) is 1. The fourth-order valence-electron chi connectivity index (χ4n) is 0.245. The van der Waals surface area contributed by atoms with E-state index in [4.69, 9.17) is 5.73 Å². The smallest absolute Gasteiger partial charge is 0.167 e. The van der Waals surface area contributed by atoms with Crippen molar-refractivity contribution >= 4 is 21.6 Å². The lowest BCUT2D eigenvalue weighted by atomic mass is 10.4. The van der Waals surface area contributed by atoms with Gasteiger partial charge in [0.2, 0.25) is 0 Å². The number of hydrogen-bond acceptors (Lipinski definition) is 2. The molecule has 1 atom stereocenters. The summed E-state index contributed by atoms with van der Waals surface area (Å²) in [6.45, 7) is 4.43. The van der Waals surface area contributed by atoms with E-state index in [2.05, 4.69) is 13.8 Å². The third kappa shape index (κ3) is 4.81. The first kappa shape index (κ1) is 8.66. The molecule has 0 rings (SSSR count). The van der Waals surface area contributed by atoms with Crippen LogP contribution in [0.1, 0.15) is 20.3 Å². The minimum absolute atomic E-state index is 0.778. The highest BCUT2D eigenvalue weighted by atomic mass is 33.1. The molecular formula is C5H14NS2+. The molecule has 0 aromatic carbocycles. The van der Waals surface area contributed by atoms with Crippen LogP contribution in [0.15, 0.2) is 0 Å². The van der Waals surface area contributed by atoms with E-state index in [1.807, 2.05) is 10.8 Å². The topological polar surface area (TPSA) is 26.0 Å². The van der Waals surface area contributed by atoms with E-state index in [-0.39, 0.29) is 0 Å². The molecular weight excluding hydrogens is 138 g/mol. The van der Waals surface area contributed by atoms with Crippen molar-refractivity contribution in [2.24, 2.45) is 5.73 Å². The zero-order chi connectivity index (χ0) is 6.41. The van der Waals surface area contributed by atoms with Crippen LogP contribution in [0.3, 0.4) is 0 Å². The standard InChI is InChI=1S/C5H13NS2/c1-3-5(2)8-7-4-6/h5H,3-4,6H2,1-2H3/p+1. The molecule has 0 aromatic rings. The molecule has 8 heavy (non-hydrogen) atoms. The van der Waals surface area contributed by atoms with E-state index in [0.717, 1.165) is 11.1 Å². The van der Waals surface area contributed by atoms with E-state index in [1.165, 1.54) is 17.2 Å². The van der Waals surface area contributed by atoms with Crippen molar-refractivity contribution in [2.75, 3.05) is 5.88 Å². The van der Waals surface area contributed by atoms with Gasteiger partial charge in [-0.1, -0.05) is 6.92 Å². The fourth-order valence-corrected chi connectivity index (χ4v) is 2.20. The van der Waals surface area contributed by atoms with Crippen LogP contribution < -0.4 is 5.73 Å². The molecule has 0 bridgehead atoms. The van der Waals surface area contributed by atoms with Crippen molar-refractivity contribution < 1.29 is 0 Å². The number of rotatable bonds is 4. The third-order valence-corrected chi connectivity index (χ3v) is 3.87. The maximum absolute atomic E-state index is 5.30. The molecule has 0 spiro atoms. The lowest BCUT2D eigenvalue weighted by Gasteiger charge is -1.96. The van der Waals surface area contributed by atoms with Crippen LogP contribution in [0.4, 0.5) is 0 Å². The lowest BCUT2D eigenvalue weighted by Crippen LogP contribution is -2.01. The Morgan fingerprint density at radius 1 is 1.75 bits per heavy atom. The SMILES string of the molecule is CCC(C)S[SH+]CN. The molecule has 2 N–H and O–H groups in total. The molecule has 0 aliphatic heterocycles. The molecule has 1 nitrogen and oxygen atoms in total. The molecule has 0 saturated carbocycles. The predicted molar refractivity (Wildman–Crippen MR) is 45.2 cm³/mol. The summed E-state index contributed by atoms with van der Waals surface area (Å²) in [6.07, 6.45) is 1.25. The van der Waals surface area contributed by atoms with Gasteiger partial charge < -0.3 is 0 Å². The van der Waals surface area contributed by atoms with Gasteiger partial charge in [0.25, 0.3) is 0 Å². The van der Waals surface area contributed by atoms with Crippen molar-refractivity contribution in [1.82, 2.24) is 0 Å². The first-order valence-corrected chi connectivity index (χ1v) is 5.40. The maximum Gasteiger partial charge on any atom is 0.167 e. The van der Waals surface area contributed by atoms with Gasteiger partial charge in [-0.25, -0.2) is 0 Å². The Morgan fingerprint density at radius 2 is 2.38 bits per heavy atom. The third-order valence-electron chi connectivity index (χ3n) is 0.904. The molecule has 3 heteroatoms. The Hall–Kier alpha value is 0.660. The van der Waals surface area contributed by atoms with Gasteiger partial charge in [0.15, 0.2) is 5.88 Å². The van der Waals surface area contributed by atoms with Gasteiger partial charge in [0.05, 0.1) is 26.8 Å². The molecule has 0 radical (unpaired) electrons. The second kappa shape index (κ2) is 5.79. The highest BCUT2D eigenvalue weighted by Gasteiger charge is 2.03. The van der Waals surface area contributed by atoms with E-state index >= 15 is 0 Å². The molecule has 0 aliphatic rings. The van der Waals surface area contributed by atoms with E-state index < -0.39 is 0 Å². The Bertz CT molecular complexity index is 49.7. The summed E-state index contributed by atoms with van der Waals surface area (Å²) in [5, 5.41) is 0.778. The van der Waals surface area contributed by atoms with E-state index in [9.17, 15) is 0 Å². The van der Waals surface area contributed by atoms with Crippen LogP contribution >= 0.6 is 10.8 Å². The van der Waals surface area contributed by atoms with Crippen LogP contribution in [-0.2, 0) is 10.8 Å². The van der Waals surface area contributed by atoms with Crippen LogP contribution in [0.25, 0.3) is 0 Å². The average molecular weight is 152 g/mol. The first-order valence-electron chi connectivity index (χ1n) is 2.84. The molecule has 1 unspecified atom stereocenters. The van der Waals surface area contributed by atoms with Crippen molar-refractivity contribution in [2.45, 2.75) is 25.5 Å². The van der Waals surface area contributed by atoms with Gasteiger partial charge >= 0.3 is 0 Å². The molecule has 0 aromatic heterocycles. The van der Waals surface area contributed by atoms with Crippen LogP contribution in [0.5, 0.6) is 0 Å². The normalized spacial score (nSPS) is 13.9. The van der Waals surface area contributed by atoms with Crippen molar-refractivity contribution in [3.05, 3.63) is 0 Å². The highest BCUT2D eigenvalue weighted by Crippen LogP contribution is 2.13. The number of thiol groups is 1. The van der Waals surface area contributed by atoms with Crippen molar-refractivity contribution in [3.8, 4) is 0 Å². The highest BCUT2D eigenvalue weighted by molar-refractivity contribution is 8.66. The second-order valence-corrected chi connectivity index (χ2v) is 4.68. The summed E-state index contributed by atoms with van der Waals surface area (Å²) >= 11 is 0. The zero-order valence-corrected chi connectivity index (χ0v) is 7.14. The van der Waals surface area contributed by atoms with Crippen LogP contribution in [0.2, 0.25) is 0 Å². The molecule has 0 saturated heterocycles. The second-order valence-electron chi connectivity index (χ2n) is 1.64. The van der Waals surface area contributed by atoms with Gasteiger partial charge in [-0.15, -0.1) is 0 Å². The summed E-state index contributed by atoms with van der Waals surface area (Å²) < 4.78 is 0. The summed E-state index contributed by atoms with van der Waals surface area (Å²) in [5.74, 6) is 0.787.